The van der Waals surface area contributed by atoms with Gasteiger partial charge in [-0.3, -0.25) is 9.59 Å². The van der Waals surface area contributed by atoms with Gasteiger partial charge in [-0.25, -0.2) is 0 Å². The Morgan fingerprint density at radius 1 is 1.07 bits per heavy atom. The van der Waals surface area contributed by atoms with Gasteiger partial charge in [-0.2, -0.15) is 0 Å². The molecule has 0 saturated carbocycles. The lowest BCUT2D eigenvalue weighted by atomic mass is 9.97. The van der Waals surface area contributed by atoms with Gasteiger partial charge in [0.2, 0.25) is 11.8 Å². The van der Waals surface area contributed by atoms with E-state index < -0.39 is 0 Å². The van der Waals surface area contributed by atoms with E-state index >= 15 is 0 Å². The second-order valence-electron chi connectivity index (χ2n) is 4.26. The van der Waals surface area contributed by atoms with E-state index in [1.54, 1.807) is 25.9 Å². The van der Waals surface area contributed by atoms with Crippen molar-refractivity contribution in [3.63, 3.8) is 0 Å². The van der Waals surface area contributed by atoms with E-state index in [4.69, 9.17) is 0 Å². The predicted octanol–water partition coefficient (Wildman–Crippen LogP) is 0.330. The summed E-state index contributed by atoms with van der Waals surface area (Å²) in [7, 11) is 3.39. The van der Waals surface area contributed by atoms with Gasteiger partial charge >= 0.3 is 0 Å². The Hall–Kier alpha value is -1.06. The minimum absolute atomic E-state index is 0.0193. The Bertz CT molecular complexity index is 263. The zero-order chi connectivity index (χ0) is 11.0. The van der Waals surface area contributed by atoms with Crippen molar-refractivity contribution in [2.75, 3.05) is 14.1 Å². The number of hydrogen-bond acceptors (Lipinski definition) is 2. The fourth-order valence-corrected chi connectivity index (χ4v) is 1.89. The first kappa shape index (κ1) is 11.0. The van der Waals surface area contributed by atoms with Gasteiger partial charge in [-0.05, 0) is 12.8 Å². The van der Waals surface area contributed by atoms with E-state index in [1.807, 2.05) is 13.8 Å². The summed E-state index contributed by atoms with van der Waals surface area (Å²) in [6.07, 6.45) is 0. The SMILES string of the molecule is CC(C)C1C(=O)N(C)C(C)C(=O)N1C. The van der Waals surface area contributed by atoms with Crippen LogP contribution >= 0.6 is 0 Å². The maximum Gasteiger partial charge on any atom is 0.246 e. The van der Waals surface area contributed by atoms with Gasteiger partial charge in [0.05, 0.1) is 0 Å². The van der Waals surface area contributed by atoms with E-state index in [0.717, 1.165) is 0 Å². The molecular weight excluding hydrogens is 180 g/mol. The summed E-state index contributed by atoms with van der Waals surface area (Å²) in [5, 5.41) is 0. The third kappa shape index (κ3) is 1.49. The van der Waals surface area contributed by atoms with Crippen LogP contribution in [0.1, 0.15) is 20.8 Å². The second kappa shape index (κ2) is 3.59. The molecule has 4 heteroatoms. The van der Waals surface area contributed by atoms with Crippen LogP contribution in [0.3, 0.4) is 0 Å². The molecule has 1 rings (SSSR count). The number of nitrogens with zero attached hydrogens (tertiary/aromatic N) is 2. The first-order chi connectivity index (χ1) is 6.37. The minimum atomic E-state index is -0.331. The smallest absolute Gasteiger partial charge is 0.246 e. The molecule has 2 unspecified atom stereocenters. The molecule has 0 aromatic carbocycles. The van der Waals surface area contributed by atoms with Crippen molar-refractivity contribution in [1.29, 1.82) is 0 Å². The number of hydrogen-bond donors (Lipinski definition) is 0. The summed E-state index contributed by atoms with van der Waals surface area (Å²) < 4.78 is 0. The average molecular weight is 198 g/mol. The molecule has 0 spiro atoms. The molecule has 2 atom stereocenters. The van der Waals surface area contributed by atoms with Crippen molar-refractivity contribution >= 4 is 11.8 Å². The maximum atomic E-state index is 11.9. The van der Waals surface area contributed by atoms with Crippen molar-refractivity contribution in [2.24, 2.45) is 5.92 Å². The van der Waals surface area contributed by atoms with Crippen LogP contribution in [0.4, 0.5) is 0 Å². The molecule has 0 radical (unpaired) electrons. The number of amides is 2. The minimum Gasteiger partial charge on any atom is -0.332 e. The molecule has 1 fully saturated rings. The topological polar surface area (TPSA) is 40.6 Å². The van der Waals surface area contributed by atoms with Gasteiger partial charge in [0.15, 0.2) is 0 Å². The van der Waals surface area contributed by atoms with Crippen LogP contribution in [0.5, 0.6) is 0 Å². The third-order valence-corrected chi connectivity index (χ3v) is 2.94. The zero-order valence-electron chi connectivity index (χ0n) is 9.44. The third-order valence-electron chi connectivity index (χ3n) is 2.94. The molecule has 80 valence electrons. The highest BCUT2D eigenvalue weighted by atomic mass is 16.2. The van der Waals surface area contributed by atoms with Crippen LogP contribution in [0.2, 0.25) is 0 Å². The Morgan fingerprint density at radius 2 is 1.57 bits per heavy atom. The van der Waals surface area contributed by atoms with Gasteiger partial charge in [0, 0.05) is 14.1 Å². The number of likely N-dealkylation sites (N-methyl/N-ethyl adjacent to an activating group) is 2. The summed E-state index contributed by atoms with van der Waals surface area (Å²) >= 11 is 0. The molecule has 0 aliphatic carbocycles. The zero-order valence-corrected chi connectivity index (χ0v) is 9.44. The first-order valence-corrected chi connectivity index (χ1v) is 4.91. The lowest BCUT2D eigenvalue weighted by Gasteiger charge is -2.42. The summed E-state index contributed by atoms with van der Waals surface area (Å²) in [4.78, 5) is 26.7. The van der Waals surface area contributed by atoms with Crippen LogP contribution in [-0.4, -0.2) is 47.8 Å². The van der Waals surface area contributed by atoms with Crippen LogP contribution in [0.25, 0.3) is 0 Å². The van der Waals surface area contributed by atoms with Crippen molar-refractivity contribution < 1.29 is 9.59 Å². The van der Waals surface area contributed by atoms with Gasteiger partial charge in [0.25, 0.3) is 0 Å². The van der Waals surface area contributed by atoms with E-state index in [0.29, 0.717) is 0 Å². The molecular formula is C10H18N2O2. The van der Waals surface area contributed by atoms with Gasteiger partial charge < -0.3 is 9.80 Å². The Balaban J connectivity index is 2.98. The summed E-state index contributed by atoms with van der Waals surface area (Å²) in [6.45, 7) is 5.67. The Morgan fingerprint density at radius 3 is 2.00 bits per heavy atom. The average Bonchev–Trinajstić information content (AvgIpc) is 2.11. The molecule has 0 aromatic heterocycles. The van der Waals surface area contributed by atoms with E-state index in [9.17, 15) is 9.59 Å². The lowest BCUT2D eigenvalue weighted by Crippen LogP contribution is -2.62. The predicted molar refractivity (Wildman–Crippen MR) is 53.6 cm³/mol. The number of carbonyl (C=O) groups excluding carboxylic acids is 2. The lowest BCUT2D eigenvalue weighted by molar-refractivity contribution is -0.159. The number of piperazine rings is 1. The fourth-order valence-electron chi connectivity index (χ4n) is 1.89. The molecule has 14 heavy (non-hydrogen) atoms. The molecule has 0 aromatic rings. The quantitative estimate of drug-likeness (QED) is 0.609. The molecule has 0 bridgehead atoms. The highest BCUT2D eigenvalue weighted by molar-refractivity contribution is 5.96. The van der Waals surface area contributed by atoms with Crippen LogP contribution in [-0.2, 0) is 9.59 Å². The summed E-state index contributed by atoms with van der Waals surface area (Å²) in [5.74, 6) is 0.215. The Kier molecular flexibility index (Phi) is 2.83. The van der Waals surface area contributed by atoms with Crippen LogP contribution < -0.4 is 0 Å². The highest BCUT2D eigenvalue weighted by Gasteiger charge is 2.41. The summed E-state index contributed by atoms with van der Waals surface area (Å²) in [5.41, 5.74) is 0. The normalized spacial score (nSPS) is 29.0. The van der Waals surface area contributed by atoms with Gasteiger partial charge in [-0.1, -0.05) is 13.8 Å². The highest BCUT2D eigenvalue weighted by Crippen LogP contribution is 2.20. The summed E-state index contributed by atoms with van der Waals surface area (Å²) in [6, 6.07) is -0.633. The standard InChI is InChI=1S/C10H18N2O2/c1-6(2)8-10(14)11(4)7(3)9(13)12(8)5/h6-8H,1-5H3. The maximum absolute atomic E-state index is 11.9. The number of rotatable bonds is 1. The molecule has 1 heterocycles. The van der Waals surface area contributed by atoms with Crippen molar-refractivity contribution in [2.45, 2.75) is 32.9 Å². The Labute approximate surface area is 84.9 Å². The molecule has 1 aliphatic rings. The van der Waals surface area contributed by atoms with Gasteiger partial charge in [0.1, 0.15) is 12.1 Å². The second-order valence-corrected chi connectivity index (χ2v) is 4.26. The fraction of sp³-hybridized carbons (Fsp3) is 0.800. The van der Waals surface area contributed by atoms with Crippen LogP contribution in [0, 0.1) is 5.92 Å². The monoisotopic (exact) mass is 198 g/mol. The largest absolute Gasteiger partial charge is 0.332 e. The van der Waals surface area contributed by atoms with Crippen molar-refractivity contribution in [1.82, 2.24) is 9.80 Å². The van der Waals surface area contributed by atoms with Gasteiger partial charge in [-0.15, -0.1) is 0 Å². The number of carbonyl (C=O) groups is 2. The molecule has 1 aliphatic heterocycles. The molecule has 4 nitrogen and oxygen atoms in total. The van der Waals surface area contributed by atoms with E-state index in [-0.39, 0.29) is 29.8 Å². The van der Waals surface area contributed by atoms with Crippen molar-refractivity contribution in [3.05, 3.63) is 0 Å². The molecule has 0 N–H and O–H groups in total. The molecule has 1 saturated heterocycles. The first-order valence-electron chi connectivity index (χ1n) is 4.91. The van der Waals surface area contributed by atoms with E-state index in [2.05, 4.69) is 0 Å². The van der Waals surface area contributed by atoms with Crippen molar-refractivity contribution in [3.8, 4) is 0 Å². The van der Waals surface area contributed by atoms with Crippen LogP contribution in [0.15, 0.2) is 0 Å². The van der Waals surface area contributed by atoms with E-state index in [1.165, 1.54) is 4.90 Å². The molecule has 2 amide bonds.